The number of hydrogen-bond acceptors (Lipinski definition) is 3. The molecule has 1 N–H and O–H groups in total. The lowest BCUT2D eigenvalue weighted by atomic mass is 10.2. The van der Waals surface area contributed by atoms with Crippen LogP contribution >= 0.6 is 0 Å². The Hall–Kier alpha value is -2.89. The van der Waals surface area contributed by atoms with Crippen LogP contribution in [0.3, 0.4) is 0 Å². The van der Waals surface area contributed by atoms with E-state index in [0.29, 0.717) is 6.54 Å². The molecule has 0 unspecified atom stereocenters. The maximum absolute atomic E-state index is 10.7. The summed E-state index contributed by atoms with van der Waals surface area (Å²) in [5.74, 6) is 0.762. The van der Waals surface area contributed by atoms with Crippen LogP contribution in [0.1, 0.15) is 19.4 Å². The Bertz CT molecular complexity index is 680. The number of nitro benzene ring substituents is 1. The zero-order valence-electron chi connectivity index (χ0n) is 14.0. The molecule has 0 radical (unpaired) electrons. The standard InChI is InChI=1S/C18H22N4O2/c1-3-21(4-2)18(19-14-15-8-6-5-7-9-15)20-16-10-12-17(13-11-16)22(23)24/h5-13H,3-4,14H2,1-2H3,(H,19,20). The van der Waals surface area contributed by atoms with Crippen molar-refractivity contribution in [3.63, 3.8) is 0 Å². The third kappa shape index (κ3) is 4.81. The lowest BCUT2D eigenvalue weighted by Crippen LogP contribution is -2.36. The van der Waals surface area contributed by atoms with E-state index in [1.54, 1.807) is 12.1 Å². The van der Waals surface area contributed by atoms with Gasteiger partial charge in [-0.2, -0.15) is 0 Å². The predicted molar refractivity (Wildman–Crippen MR) is 97.2 cm³/mol. The van der Waals surface area contributed by atoms with Crippen molar-refractivity contribution in [2.24, 2.45) is 4.99 Å². The average molecular weight is 326 g/mol. The Morgan fingerprint density at radius 2 is 1.71 bits per heavy atom. The number of nitrogens with zero attached hydrogens (tertiary/aromatic N) is 3. The largest absolute Gasteiger partial charge is 0.343 e. The van der Waals surface area contributed by atoms with Crippen LogP contribution in [0.25, 0.3) is 0 Å². The molecule has 6 heteroatoms. The van der Waals surface area contributed by atoms with Gasteiger partial charge in [0.2, 0.25) is 0 Å². The lowest BCUT2D eigenvalue weighted by molar-refractivity contribution is -0.384. The molecule has 2 aromatic carbocycles. The number of rotatable bonds is 6. The number of nitrogens with one attached hydrogen (secondary N) is 1. The predicted octanol–water partition coefficient (Wildman–Crippen LogP) is 3.90. The van der Waals surface area contributed by atoms with Gasteiger partial charge in [-0.1, -0.05) is 30.3 Å². The minimum Gasteiger partial charge on any atom is -0.343 e. The van der Waals surface area contributed by atoms with Crippen LogP contribution in [-0.4, -0.2) is 28.9 Å². The van der Waals surface area contributed by atoms with Crippen LogP contribution in [0.5, 0.6) is 0 Å². The first-order chi connectivity index (χ1) is 11.6. The number of nitro groups is 1. The smallest absolute Gasteiger partial charge is 0.269 e. The second kappa shape index (κ2) is 8.67. The van der Waals surface area contributed by atoms with E-state index in [1.807, 2.05) is 30.3 Å². The zero-order chi connectivity index (χ0) is 17.4. The number of guanidine groups is 1. The number of non-ortho nitro benzene ring substituents is 1. The van der Waals surface area contributed by atoms with Crippen LogP contribution in [-0.2, 0) is 6.54 Å². The van der Waals surface area contributed by atoms with Gasteiger partial charge < -0.3 is 10.2 Å². The van der Waals surface area contributed by atoms with Crippen LogP contribution < -0.4 is 5.32 Å². The second-order valence-corrected chi connectivity index (χ2v) is 5.23. The minimum atomic E-state index is -0.404. The number of benzene rings is 2. The molecule has 0 amide bonds. The topological polar surface area (TPSA) is 70.8 Å². The molecule has 0 saturated heterocycles. The van der Waals surface area contributed by atoms with Gasteiger partial charge in [0, 0.05) is 30.9 Å². The molecule has 24 heavy (non-hydrogen) atoms. The fourth-order valence-corrected chi connectivity index (χ4v) is 2.29. The van der Waals surface area contributed by atoms with Gasteiger partial charge in [0.15, 0.2) is 5.96 Å². The van der Waals surface area contributed by atoms with Gasteiger partial charge in [0.1, 0.15) is 0 Å². The summed E-state index contributed by atoms with van der Waals surface area (Å²) >= 11 is 0. The summed E-state index contributed by atoms with van der Waals surface area (Å²) in [6.07, 6.45) is 0. The molecule has 2 aromatic rings. The van der Waals surface area contributed by atoms with Gasteiger partial charge in [-0.05, 0) is 31.5 Å². The van der Waals surface area contributed by atoms with E-state index in [0.717, 1.165) is 30.3 Å². The molecule has 0 aliphatic rings. The average Bonchev–Trinajstić information content (AvgIpc) is 2.61. The Labute approximate surface area is 142 Å². The number of anilines is 1. The maximum Gasteiger partial charge on any atom is 0.269 e. The molecule has 0 aliphatic heterocycles. The van der Waals surface area contributed by atoms with E-state index in [9.17, 15) is 10.1 Å². The van der Waals surface area contributed by atoms with Crippen molar-refractivity contribution < 1.29 is 4.92 Å². The SMILES string of the molecule is CCN(CC)C(=NCc1ccccc1)Nc1ccc([N+](=O)[O-])cc1. The first kappa shape index (κ1) is 17.5. The highest BCUT2D eigenvalue weighted by Gasteiger charge is 2.09. The lowest BCUT2D eigenvalue weighted by Gasteiger charge is -2.24. The summed E-state index contributed by atoms with van der Waals surface area (Å²) in [6, 6.07) is 16.4. The molecule has 0 heterocycles. The van der Waals surface area contributed by atoms with Crippen molar-refractivity contribution in [2.75, 3.05) is 18.4 Å². The molecule has 0 bridgehead atoms. The van der Waals surface area contributed by atoms with Gasteiger partial charge in [-0.3, -0.25) is 10.1 Å². The van der Waals surface area contributed by atoms with E-state index < -0.39 is 4.92 Å². The molecule has 126 valence electrons. The third-order valence-electron chi connectivity index (χ3n) is 3.65. The van der Waals surface area contributed by atoms with Crippen LogP contribution in [0.2, 0.25) is 0 Å². The van der Waals surface area contributed by atoms with Crippen molar-refractivity contribution in [3.05, 3.63) is 70.3 Å². The van der Waals surface area contributed by atoms with E-state index >= 15 is 0 Å². The third-order valence-corrected chi connectivity index (χ3v) is 3.65. The number of aliphatic imine (C=N–C) groups is 1. The van der Waals surface area contributed by atoms with Crippen molar-refractivity contribution in [1.29, 1.82) is 0 Å². The molecule has 0 aromatic heterocycles. The molecular weight excluding hydrogens is 304 g/mol. The fraction of sp³-hybridized carbons (Fsp3) is 0.278. The van der Waals surface area contributed by atoms with Crippen LogP contribution in [0, 0.1) is 10.1 Å². The van der Waals surface area contributed by atoms with Crippen LogP contribution in [0.15, 0.2) is 59.6 Å². The summed E-state index contributed by atoms with van der Waals surface area (Å²) in [5, 5.41) is 14.0. The highest BCUT2D eigenvalue weighted by atomic mass is 16.6. The summed E-state index contributed by atoms with van der Waals surface area (Å²) < 4.78 is 0. The summed E-state index contributed by atoms with van der Waals surface area (Å²) in [5.41, 5.74) is 1.98. The van der Waals surface area contributed by atoms with Crippen molar-refractivity contribution in [2.45, 2.75) is 20.4 Å². The molecular formula is C18H22N4O2. The van der Waals surface area contributed by atoms with Crippen LogP contribution in [0.4, 0.5) is 11.4 Å². The summed E-state index contributed by atoms with van der Waals surface area (Å²) in [6.45, 7) is 6.36. The van der Waals surface area contributed by atoms with Crippen molar-refractivity contribution >= 4 is 17.3 Å². The second-order valence-electron chi connectivity index (χ2n) is 5.23. The monoisotopic (exact) mass is 326 g/mol. The Balaban J connectivity index is 2.17. The van der Waals surface area contributed by atoms with E-state index in [-0.39, 0.29) is 5.69 Å². The van der Waals surface area contributed by atoms with E-state index in [1.165, 1.54) is 12.1 Å². The highest BCUT2D eigenvalue weighted by Crippen LogP contribution is 2.16. The Morgan fingerprint density at radius 1 is 1.08 bits per heavy atom. The molecule has 2 rings (SSSR count). The van der Waals surface area contributed by atoms with Gasteiger partial charge >= 0.3 is 0 Å². The fourth-order valence-electron chi connectivity index (χ4n) is 2.29. The molecule has 0 fully saturated rings. The minimum absolute atomic E-state index is 0.0752. The first-order valence-corrected chi connectivity index (χ1v) is 7.98. The zero-order valence-corrected chi connectivity index (χ0v) is 14.0. The normalized spacial score (nSPS) is 11.2. The maximum atomic E-state index is 10.7. The summed E-state index contributed by atoms with van der Waals surface area (Å²) in [7, 11) is 0. The van der Waals surface area contributed by atoms with Gasteiger partial charge in [0.05, 0.1) is 11.5 Å². The Morgan fingerprint density at radius 3 is 2.25 bits per heavy atom. The number of hydrogen-bond donors (Lipinski definition) is 1. The van der Waals surface area contributed by atoms with Crippen molar-refractivity contribution in [1.82, 2.24) is 4.90 Å². The quantitative estimate of drug-likeness (QED) is 0.378. The summed E-state index contributed by atoms with van der Waals surface area (Å²) in [4.78, 5) is 17.1. The van der Waals surface area contributed by atoms with Gasteiger partial charge in [-0.25, -0.2) is 4.99 Å². The van der Waals surface area contributed by atoms with Gasteiger partial charge in [-0.15, -0.1) is 0 Å². The van der Waals surface area contributed by atoms with E-state index in [2.05, 4.69) is 29.1 Å². The molecule has 6 nitrogen and oxygen atoms in total. The highest BCUT2D eigenvalue weighted by molar-refractivity contribution is 5.93. The van der Waals surface area contributed by atoms with Crippen molar-refractivity contribution in [3.8, 4) is 0 Å². The molecule has 0 aliphatic carbocycles. The molecule has 0 spiro atoms. The van der Waals surface area contributed by atoms with E-state index in [4.69, 9.17) is 0 Å². The molecule has 0 atom stereocenters. The first-order valence-electron chi connectivity index (χ1n) is 7.98. The molecule has 0 saturated carbocycles. The Kier molecular flexibility index (Phi) is 6.31. The van der Waals surface area contributed by atoms with Gasteiger partial charge in [0.25, 0.3) is 5.69 Å².